The molecule has 3 rings (SSSR count). The fourth-order valence-corrected chi connectivity index (χ4v) is 2.51. The van der Waals surface area contributed by atoms with Gasteiger partial charge in [-0.2, -0.15) is 0 Å². The molecule has 0 spiro atoms. The van der Waals surface area contributed by atoms with Gasteiger partial charge in [0.1, 0.15) is 18.1 Å². The number of carbonyl (C=O) groups excluding carboxylic acids is 1. The molecule has 0 saturated heterocycles. The highest BCUT2D eigenvalue weighted by Gasteiger charge is 2.12. The molecule has 3 N–H and O–H groups in total. The molecule has 138 valence electrons. The maximum atomic E-state index is 12.1. The molecule has 2 aromatic carbocycles. The summed E-state index contributed by atoms with van der Waals surface area (Å²) >= 11 is 11.1. The number of furan rings is 1. The van der Waals surface area contributed by atoms with Crippen LogP contribution in [0.2, 0.25) is 5.02 Å². The van der Waals surface area contributed by atoms with E-state index < -0.39 is 5.91 Å². The van der Waals surface area contributed by atoms with Gasteiger partial charge in [0.2, 0.25) is 0 Å². The summed E-state index contributed by atoms with van der Waals surface area (Å²) in [5.41, 5.74) is 5.89. The number of thiocarbonyl (C=S) groups is 1. The lowest BCUT2D eigenvalue weighted by molar-refractivity contribution is 0.0912. The van der Waals surface area contributed by atoms with E-state index in [2.05, 4.69) is 16.2 Å². The van der Waals surface area contributed by atoms with Crippen LogP contribution in [0.25, 0.3) is 0 Å². The number of anilines is 1. The van der Waals surface area contributed by atoms with Gasteiger partial charge in [-0.25, -0.2) is 0 Å². The van der Waals surface area contributed by atoms with E-state index in [1.165, 1.54) is 0 Å². The smallest absolute Gasteiger partial charge is 0.305 e. The van der Waals surface area contributed by atoms with Gasteiger partial charge in [0.05, 0.1) is 5.02 Å². The number of nitrogens with one attached hydrogen (secondary N) is 3. The molecule has 8 heteroatoms. The first-order valence-corrected chi connectivity index (χ1v) is 8.79. The van der Waals surface area contributed by atoms with Gasteiger partial charge in [0, 0.05) is 5.69 Å². The lowest BCUT2D eigenvalue weighted by atomic mass is 10.3. The van der Waals surface area contributed by atoms with Gasteiger partial charge in [-0.05, 0) is 48.6 Å². The Bertz CT molecular complexity index is 931. The van der Waals surface area contributed by atoms with Gasteiger partial charge in [0.25, 0.3) is 0 Å². The first-order chi connectivity index (χ1) is 13.1. The molecule has 0 saturated carbocycles. The average Bonchev–Trinajstić information content (AvgIpc) is 3.15. The van der Waals surface area contributed by atoms with Crippen LogP contribution < -0.4 is 20.9 Å². The van der Waals surface area contributed by atoms with Crippen LogP contribution >= 0.6 is 23.8 Å². The number of hydrogen-bond acceptors (Lipinski definition) is 4. The van der Waals surface area contributed by atoms with Crippen molar-refractivity contribution in [3.8, 4) is 5.75 Å². The Hall–Kier alpha value is -3.03. The zero-order chi connectivity index (χ0) is 19.1. The molecule has 1 amide bonds. The van der Waals surface area contributed by atoms with Gasteiger partial charge in [-0.15, -0.1) is 0 Å². The Morgan fingerprint density at radius 2 is 1.74 bits per heavy atom. The van der Waals surface area contributed by atoms with Gasteiger partial charge in [0.15, 0.2) is 10.9 Å². The Labute approximate surface area is 166 Å². The fourth-order valence-electron chi connectivity index (χ4n) is 2.15. The van der Waals surface area contributed by atoms with Crippen LogP contribution in [-0.2, 0) is 6.61 Å². The highest BCUT2D eigenvalue weighted by molar-refractivity contribution is 7.80. The zero-order valence-electron chi connectivity index (χ0n) is 14.1. The molecule has 0 aliphatic heterocycles. The first kappa shape index (κ1) is 18.8. The maximum Gasteiger partial charge on any atom is 0.305 e. The summed E-state index contributed by atoms with van der Waals surface area (Å²) in [7, 11) is 0. The number of ether oxygens (including phenoxy) is 1. The predicted octanol–water partition coefficient (Wildman–Crippen LogP) is 4.14. The Morgan fingerprint density at radius 3 is 2.52 bits per heavy atom. The summed E-state index contributed by atoms with van der Waals surface area (Å²) in [5, 5.41) is 3.70. The van der Waals surface area contributed by atoms with E-state index in [4.69, 9.17) is 33.0 Å². The number of hydrogen-bond donors (Lipinski definition) is 3. The summed E-state index contributed by atoms with van der Waals surface area (Å²) < 4.78 is 11.1. The number of hydrazine groups is 1. The first-order valence-electron chi connectivity index (χ1n) is 8.00. The van der Waals surface area contributed by atoms with Crippen LogP contribution in [0.3, 0.4) is 0 Å². The Kier molecular flexibility index (Phi) is 6.30. The van der Waals surface area contributed by atoms with Crippen molar-refractivity contribution in [2.24, 2.45) is 0 Å². The van der Waals surface area contributed by atoms with Gasteiger partial charge >= 0.3 is 5.91 Å². The van der Waals surface area contributed by atoms with Crippen LogP contribution in [-0.4, -0.2) is 11.0 Å². The molecule has 0 bridgehead atoms. The minimum absolute atomic E-state index is 0.128. The number of rotatable bonds is 5. The Morgan fingerprint density at radius 1 is 1.00 bits per heavy atom. The molecule has 0 aliphatic carbocycles. The maximum absolute atomic E-state index is 12.1. The van der Waals surface area contributed by atoms with Crippen LogP contribution in [0.5, 0.6) is 5.75 Å². The highest BCUT2D eigenvalue weighted by atomic mass is 35.5. The summed E-state index contributed by atoms with van der Waals surface area (Å²) in [6, 6.07) is 19.7. The average molecular weight is 402 g/mol. The van der Waals surface area contributed by atoms with Gasteiger partial charge < -0.3 is 14.5 Å². The number of amides is 1. The molecule has 3 aromatic rings. The lowest BCUT2D eigenvalue weighted by Crippen LogP contribution is -2.43. The van der Waals surface area contributed by atoms with Crippen molar-refractivity contribution in [3.63, 3.8) is 0 Å². The number of para-hydroxylation sites is 2. The molecular formula is C19H16ClN3O3S. The molecule has 6 nitrogen and oxygen atoms in total. The second-order valence-corrected chi connectivity index (χ2v) is 6.20. The van der Waals surface area contributed by atoms with Crippen molar-refractivity contribution in [2.45, 2.75) is 6.61 Å². The molecule has 0 atom stereocenters. The van der Waals surface area contributed by atoms with E-state index >= 15 is 0 Å². The predicted molar refractivity (Wildman–Crippen MR) is 108 cm³/mol. The van der Waals surface area contributed by atoms with Crippen molar-refractivity contribution in [3.05, 3.63) is 83.3 Å². The summed E-state index contributed by atoms with van der Waals surface area (Å²) in [6.45, 7) is 0.151. The molecule has 0 fully saturated rings. The minimum Gasteiger partial charge on any atom is -0.484 e. The van der Waals surface area contributed by atoms with Crippen molar-refractivity contribution in [1.82, 2.24) is 10.9 Å². The second-order valence-electron chi connectivity index (χ2n) is 5.38. The van der Waals surface area contributed by atoms with E-state index in [0.29, 0.717) is 16.5 Å². The monoisotopic (exact) mass is 401 g/mol. The van der Waals surface area contributed by atoms with E-state index in [1.807, 2.05) is 42.5 Å². The van der Waals surface area contributed by atoms with Crippen LogP contribution in [0, 0.1) is 0 Å². The van der Waals surface area contributed by atoms with Crippen LogP contribution in [0.4, 0.5) is 5.69 Å². The number of halogens is 1. The quantitative estimate of drug-likeness (QED) is 0.440. The number of benzene rings is 2. The summed E-state index contributed by atoms with van der Waals surface area (Å²) in [5.74, 6) is 0.699. The Balaban J connectivity index is 1.48. The number of carbonyl (C=O) groups is 1. The molecule has 1 aromatic heterocycles. The standard InChI is InChI=1S/C19H16ClN3O3S/c20-15-8-4-5-9-16(15)25-12-14-10-11-17(26-14)18(24)22-23-19(27)21-13-6-2-1-3-7-13/h1-11H,12H2,(H,22,24)(H2,21,23,27). The zero-order valence-corrected chi connectivity index (χ0v) is 15.6. The van der Waals surface area contributed by atoms with Crippen molar-refractivity contribution in [1.29, 1.82) is 0 Å². The van der Waals surface area contributed by atoms with E-state index in [0.717, 1.165) is 5.69 Å². The van der Waals surface area contributed by atoms with Crippen LogP contribution in [0.15, 0.2) is 71.1 Å². The normalized spacial score (nSPS) is 10.1. The lowest BCUT2D eigenvalue weighted by Gasteiger charge is -2.10. The molecular weight excluding hydrogens is 386 g/mol. The minimum atomic E-state index is -0.462. The van der Waals surface area contributed by atoms with Gasteiger partial charge in [-0.1, -0.05) is 41.9 Å². The molecule has 0 unspecified atom stereocenters. The molecule has 0 radical (unpaired) electrons. The van der Waals surface area contributed by atoms with Crippen molar-refractivity contribution in [2.75, 3.05) is 5.32 Å². The highest BCUT2D eigenvalue weighted by Crippen LogP contribution is 2.24. The largest absolute Gasteiger partial charge is 0.484 e. The topological polar surface area (TPSA) is 75.5 Å². The van der Waals surface area contributed by atoms with Crippen LogP contribution in [0.1, 0.15) is 16.3 Å². The second kappa shape index (κ2) is 9.07. The van der Waals surface area contributed by atoms with Gasteiger partial charge in [-0.3, -0.25) is 15.6 Å². The molecule has 1 heterocycles. The molecule has 0 aliphatic rings. The summed E-state index contributed by atoms with van der Waals surface area (Å²) in [4.78, 5) is 12.1. The van der Waals surface area contributed by atoms with E-state index in [-0.39, 0.29) is 17.5 Å². The van der Waals surface area contributed by atoms with E-state index in [9.17, 15) is 4.79 Å². The van der Waals surface area contributed by atoms with Crippen molar-refractivity contribution < 1.29 is 13.9 Å². The third-order valence-corrected chi connectivity index (χ3v) is 3.93. The molecule has 27 heavy (non-hydrogen) atoms. The third-order valence-electron chi connectivity index (χ3n) is 3.41. The summed E-state index contributed by atoms with van der Waals surface area (Å²) in [6.07, 6.45) is 0. The SMILES string of the molecule is O=C(NNC(=S)Nc1ccccc1)c1ccc(COc2ccccc2Cl)o1. The van der Waals surface area contributed by atoms with Crippen molar-refractivity contribution >= 4 is 40.5 Å². The fraction of sp³-hybridized carbons (Fsp3) is 0.0526. The van der Waals surface area contributed by atoms with E-state index in [1.54, 1.807) is 24.3 Å². The third kappa shape index (κ3) is 5.47.